The van der Waals surface area contributed by atoms with Gasteiger partial charge in [0.15, 0.2) is 0 Å². The van der Waals surface area contributed by atoms with Gasteiger partial charge in [-0.25, -0.2) is 0 Å². The number of carbonyl (C=O) groups is 1. The molecule has 0 spiro atoms. The topological polar surface area (TPSA) is 71.4 Å². The fourth-order valence-corrected chi connectivity index (χ4v) is 0.856. The van der Waals surface area contributed by atoms with Crippen LogP contribution in [0.25, 0.3) is 0 Å². The summed E-state index contributed by atoms with van der Waals surface area (Å²) < 4.78 is 0. The Morgan fingerprint density at radius 1 is 1.57 bits per heavy atom. The van der Waals surface area contributed by atoms with Crippen LogP contribution in [0.4, 0.5) is 0 Å². The molecule has 80 valence electrons. The van der Waals surface area contributed by atoms with Crippen molar-refractivity contribution in [1.29, 1.82) is 0 Å². The van der Waals surface area contributed by atoms with Crippen molar-refractivity contribution in [2.75, 3.05) is 0 Å². The Hall–Kier alpha value is -1.41. The molecule has 0 saturated carbocycles. The molecule has 0 aliphatic heterocycles. The fourth-order valence-electron chi connectivity index (χ4n) is 0.856. The highest BCUT2D eigenvalue weighted by molar-refractivity contribution is 5.73. The van der Waals surface area contributed by atoms with Gasteiger partial charge in [-0.1, -0.05) is 13.0 Å². The Kier molecular flexibility index (Phi) is 8.83. The molecule has 0 heterocycles. The first-order chi connectivity index (χ1) is 6.48. The molecule has 0 aromatic rings. The molecule has 0 aliphatic carbocycles. The Labute approximate surface area is 83.6 Å². The molecule has 0 aromatic heterocycles. The molecule has 0 radical (unpaired) electrons. The van der Waals surface area contributed by atoms with E-state index in [-0.39, 0.29) is 6.15 Å². The van der Waals surface area contributed by atoms with Crippen LogP contribution in [-0.2, 0) is 14.4 Å². The first kappa shape index (κ1) is 15.1. The lowest BCUT2D eigenvalue weighted by molar-refractivity contribution is -0.191. The van der Waals surface area contributed by atoms with Crippen LogP contribution in [0, 0.1) is 5.41 Å². The predicted octanol–water partition coefficient (Wildman–Crippen LogP) is 1.87. The van der Waals surface area contributed by atoms with Gasteiger partial charge in [0.25, 0.3) is 0 Å². The number of hydrogen-bond acceptors (Lipinski definition) is 3. The summed E-state index contributed by atoms with van der Waals surface area (Å²) in [7, 11) is 0. The van der Waals surface area contributed by atoms with E-state index >= 15 is 0 Å². The highest BCUT2D eigenvalue weighted by atomic mass is 16.4. The number of carbonyl (C=O) groups excluding carboxylic acids is 2. The molecule has 4 heteroatoms. The van der Waals surface area contributed by atoms with Crippen molar-refractivity contribution >= 4 is 12.1 Å². The van der Waals surface area contributed by atoms with Crippen LogP contribution < -0.4 is 0 Å². The van der Waals surface area contributed by atoms with Crippen LogP contribution in [0.15, 0.2) is 12.7 Å². The van der Waals surface area contributed by atoms with Crippen molar-refractivity contribution in [1.82, 2.24) is 0 Å². The zero-order chi connectivity index (χ0) is 11.6. The minimum absolute atomic E-state index is 0.250. The Bertz CT molecular complexity index is 216. The molecule has 1 atom stereocenters. The van der Waals surface area contributed by atoms with Gasteiger partial charge in [0.05, 0.1) is 5.41 Å². The normalized spacial score (nSPS) is 12.7. The SMILES string of the molecule is C=CCCC(C)(CC)C(=O)O.O=C=O. The predicted molar refractivity (Wildman–Crippen MR) is 50.5 cm³/mol. The standard InChI is InChI=1S/C9H16O2.CO2/c1-4-6-7-9(3,5-2)8(10)11;2-1-3/h4H,1,5-7H2,2-3H3,(H,10,11);. The lowest BCUT2D eigenvalue weighted by Crippen LogP contribution is -2.26. The van der Waals surface area contributed by atoms with Gasteiger partial charge in [-0.2, -0.15) is 9.59 Å². The van der Waals surface area contributed by atoms with E-state index in [2.05, 4.69) is 6.58 Å². The van der Waals surface area contributed by atoms with E-state index in [0.29, 0.717) is 12.8 Å². The largest absolute Gasteiger partial charge is 0.481 e. The summed E-state index contributed by atoms with van der Waals surface area (Å²) >= 11 is 0. The molecular formula is C10H16O4. The third kappa shape index (κ3) is 6.14. The van der Waals surface area contributed by atoms with Crippen molar-refractivity contribution in [3.63, 3.8) is 0 Å². The highest BCUT2D eigenvalue weighted by Crippen LogP contribution is 2.27. The van der Waals surface area contributed by atoms with Gasteiger partial charge in [-0.15, -0.1) is 6.58 Å². The maximum atomic E-state index is 10.7. The maximum Gasteiger partial charge on any atom is 0.373 e. The van der Waals surface area contributed by atoms with Gasteiger partial charge in [-0.3, -0.25) is 4.79 Å². The molecule has 1 N–H and O–H groups in total. The maximum absolute atomic E-state index is 10.7. The minimum Gasteiger partial charge on any atom is -0.481 e. The molecule has 0 bridgehead atoms. The first-order valence-electron chi connectivity index (χ1n) is 4.32. The Balaban J connectivity index is 0. The van der Waals surface area contributed by atoms with Crippen molar-refractivity contribution in [3.05, 3.63) is 12.7 Å². The Morgan fingerprint density at radius 2 is 2.00 bits per heavy atom. The number of allylic oxidation sites excluding steroid dienone is 1. The smallest absolute Gasteiger partial charge is 0.373 e. The molecule has 0 amide bonds. The van der Waals surface area contributed by atoms with E-state index in [0.717, 1.165) is 6.42 Å². The van der Waals surface area contributed by atoms with Gasteiger partial charge in [0.1, 0.15) is 0 Å². The molecule has 0 rings (SSSR count). The summed E-state index contributed by atoms with van der Waals surface area (Å²) in [6, 6.07) is 0. The van der Waals surface area contributed by atoms with Crippen molar-refractivity contribution in [3.8, 4) is 0 Å². The highest BCUT2D eigenvalue weighted by Gasteiger charge is 2.29. The van der Waals surface area contributed by atoms with Crippen LogP contribution in [0.5, 0.6) is 0 Å². The van der Waals surface area contributed by atoms with E-state index in [9.17, 15) is 4.79 Å². The number of carboxylic acid groups (broad SMARTS) is 1. The van der Waals surface area contributed by atoms with Crippen molar-refractivity contribution < 1.29 is 19.5 Å². The summed E-state index contributed by atoms with van der Waals surface area (Å²) in [5.41, 5.74) is -0.561. The van der Waals surface area contributed by atoms with Gasteiger partial charge < -0.3 is 5.11 Å². The summed E-state index contributed by atoms with van der Waals surface area (Å²) in [6.45, 7) is 7.24. The van der Waals surface area contributed by atoms with Crippen LogP contribution in [0.2, 0.25) is 0 Å². The molecule has 14 heavy (non-hydrogen) atoms. The molecule has 0 aromatic carbocycles. The molecule has 4 nitrogen and oxygen atoms in total. The van der Waals surface area contributed by atoms with E-state index in [1.165, 1.54) is 0 Å². The van der Waals surface area contributed by atoms with E-state index < -0.39 is 11.4 Å². The van der Waals surface area contributed by atoms with Gasteiger partial charge in [0.2, 0.25) is 0 Å². The minimum atomic E-state index is -0.707. The second-order valence-electron chi connectivity index (χ2n) is 3.13. The number of aliphatic carboxylic acids is 1. The molecule has 0 fully saturated rings. The van der Waals surface area contributed by atoms with E-state index in [1.807, 2.05) is 6.92 Å². The van der Waals surface area contributed by atoms with E-state index in [1.54, 1.807) is 13.0 Å². The second-order valence-corrected chi connectivity index (χ2v) is 3.13. The van der Waals surface area contributed by atoms with Gasteiger partial charge in [0, 0.05) is 0 Å². The zero-order valence-corrected chi connectivity index (χ0v) is 8.58. The quantitative estimate of drug-likeness (QED) is 0.687. The fraction of sp³-hybridized carbons (Fsp3) is 0.600. The number of rotatable bonds is 5. The Morgan fingerprint density at radius 3 is 2.21 bits per heavy atom. The van der Waals surface area contributed by atoms with Crippen LogP contribution >= 0.6 is 0 Å². The number of hydrogen-bond donors (Lipinski definition) is 1. The van der Waals surface area contributed by atoms with Crippen LogP contribution in [0.3, 0.4) is 0 Å². The average Bonchev–Trinajstić information content (AvgIpc) is 2.15. The molecular weight excluding hydrogens is 184 g/mol. The van der Waals surface area contributed by atoms with Crippen molar-refractivity contribution in [2.45, 2.75) is 33.1 Å². The first-order valence-corrected chi connectivity index (χ1v) is 4.32. The molecule has 1 unspecified atom stereocenters. The number of carboxylic acids is 1. The average molecular weight is 200 g/mol. The van der Waals surface area contributed by atoms with Crippen molar-refractivity contribution in [2.24, 2.45) is 5.41 Å². The molecule has 0 aliphatic rings. The third-order valence-corrected chi connectivity index (χ3v) is 2.20. The van der Waals surface area contributed by atoms with E-state index in [4.69, 9.17) is 14.7 Å². The summed E-state index contributed by atoms with van der Waals surface area (Å²) in [5, 5.41) is 8.82. The van der Waals surface area contributed by atoms with Crippen LogP contribution in [0.1, 0.15) is 33.1 Å². The molecule has 0 saturated heterocycles. The monoisotopic (exact) mass is 200 g/mol. The van der Waals surface area contributed by atoms with Crippen LogP contribution in [-0.4, -0.2) is 17.2 Å². The lowest BCUT2D eigenvalue weighted by atomic mass is 9.83. The second kappa shape index (κ2) is 8.20. The third-order valence-electron chi connectivity index (χ3n) is 2.20. The van der Waals surface area contributed by atoms with Gasteiger partial charge in [-0.05, 0) is 26.2 Å². The summed E-state index contributed by atoms with van der Waals surface area (Å²) in [6.07, 6.45) is 4.14. The summed E-state index contributed by atoms with van der Waals surface area (Å²) in [5.74, 6) is -0.707. The van der Waals surface area contributed by atoms with Gasteiger partial charge >= 0.3 is 12.1 Å². The lowest BCUT2D eigenvalue weighted by Gasteiger charge is -2.21. The zero-order valence-electron chi connectivity index (χ0n) is 8.58. The summed E-state index contributed by atoms with van der Waals surface area (Å²) in [4.78, 5) is 27.0.